The highest BCUT2D eigenvalue weighted by molar-refractivity contribution is 5.32. The van der Waals surface area contributed by atoms with Gasteiger partial charge in [0, 0.05) is 6.04 Å². The van der Waals surface area contributed by atoms with Gasteiger partial charge in [-0.05, 0) is 78.9 Å². The molecule has 0 aliphatic heterocycles. The monoisotopic (exact) mass is 313 g/mol. The Morgan fingerprint density at radius 1 is 1.13 bits per heavy atom. The standard InChI is InChI=1S/C22H35N/c1-14(2)18-7-8-19-17-6-5-15-13-16(23)9-11-21(15,3)20(17)10-12-22(18,19)4/h7-8,10,14-19H,5-6,9,11-13,23H2,1-4H3. The second-order valence-electron chi connectivity index (χ2n) is 9.88. The fourth-order valence-electron chi connectivity index (χ4n) is 7.05. The Labute approximate surface area is 142 Å². The Hall–Kier alpha value is -0.560. The van der Waals surface area contributed by atoms with Gasteiger partial charge in [0.2, 0.25) is 0 Å². The first-order chi connectivity index (χ1) is 10.9. The maximum atomic E-state index is 6.30. The molecule has 0 heterocycles. The van der Waals surface area contributed by atoms with Crippen LogP contribution in [0.15, 0.2) is 23.8 Å². The molecule has 0 aromatic carbocycles. The van der Waals surface area contributed by atoms with Crippen molar-refractivity contribution >= 4 is 0 Å². The molecule has 1 nitrogen and oxygen atoms in total. The molecular formula is C22H35N. The smallest absolute Gasteiger partial charge is 0.00421 e. The lowest BCUT2D eigenvalue weighted by molar-refractivity contribution is 0.0275. The Morgan fingerprint density at radius 3 is 2.65 bits per heavy atom. The molecule has 128 valence electrons. The highest BCUT2D eigenvalue weighted by Gasteiger charge is 2.55. The van der Waals surface area contributed by atoms with Gasteiger partial charge in [-0.2, -0.15) is 0 Å². The van der Waals surface area contributed by atoms with Crippen molar-refractivity contribution in [2.45, 2.75) is 72.3 Å². The van der Waals surface area contributed by atoms with E-state index in [1.807, 2.05) is 5.57 Å². The van der Waals surface area contributed by atoms with Crippen molar-refractivity contribution in [3.63, 3.8) is 0 Å². The molecule has 0 bridgehead atoms. The van der Waals surface area contributed by atoms with Crippen LogP contribution in [0, 0.1) is 40.4 Å². The topological polar surface area (TPSA) is 26.0 Å². The van der Waals surface area contributed by atoms with E-state index in [-0.39, 0.29) is 0 Å². The van der Waals surface area contributed by atoms with Crippen LogP contribution < -0.4 is 5.73 Å². The summed E-state index contributed by atoms with van der Waals surface area (Å²) in [5.74, 6) is 3.95. The van der Waals surface area contributed by atoms with Crippen LogP contribution in [0.3, 0.4) is 0 Å². The zero-order chi connectivity index (χ0) is 16.4. The third-order valence-electron chi connectivity index (χ3n) is 8.37. The van der Waals surface area contributed by atoms with Crippen molar-refractivity contribution in [2.24, 2.45) is 46.2 Å². The van der Waals surface area contributed by atoms with Gasteiger partial charge >= 0.3 is 0 Å². The Balaban J connectivity index is 1.69. The lowest BCUT2D eigenvalue weighted by atomic mass is 9.48. The van der Waals surface area contributed by atoms with Gasteiger partial charge in [0.25, 0.3) is 0 Å². The number of nitrogens with two attached hydrogens (primary N) is 1. The van der Waals surface area contributed by atoms with E-state index >= 15 is 0 Å². The number of allylic oxidation sites excluding steroid dienone is 4. The zero-order valence-corrected chi connectivity index (χ0v) is 15.5. The van der Waals surface area contributed by atoms with Crippen LogP contribution >= 0.6 is 0 Å². The van der Waals surface area contributed by atoms with Crippen LogP contribution in [0.2, 0.25) is 0 Å². The molecule has 0 saturated heterocycles. The van der Waals surface area contributed by atoms with E-state index in [2.05, 4.69) is 45.9 Å². The van der Waals surface area contributed by atoms with Gasteiger partial charge in [0.15, 0.2) is 0 Å². The average molecular weight is 314 g/mol. The molecule has 0 aromatic rings. The first-order valence-corrected chi connectivity index (χ1v) is 10.0. The summed E-state index contributed by atoms with van der Waals surface area (Å²) in [4.78, 5) is 0. The summed E-state index contributed by atoms with van der Waals surface area (Å²) < 4.78 is 0. The predicted octanol–water partition coefficient (Wildman–Crippen LogP) is 5.32. The Kier molecular flexibility index (Phi) is 3.61. The van der Waals surface area contributed by atoms with Gasteiger partial charge in [-0.25, -0.2) is 0 Å². The first kappa shape index (κ1) is 15.9. The predicted molar refractivity (Wildman–Crippen MR) is 97.9 cm³/mol. The van der Waals surface area contributed by atoms with Crippen molar-refractivity contribution in [2.75, 3.05) is 0 Å². The fourth-order valence-corrected chi connectivity index (χ4v) is 7.05. The van der Waals surface area contributed by atoms with Crippen LogP contribution in [-0.4, -0.2) is 6.04 Å². The molecule has 1 heteroatoms. The minimum Gasteiger partial charge on any atom is -0.328 e. The molecule has 4 aliphatic carbocycles. The van der Waals surface area contributed by atoms with Crippen molar-refractivity contribution in [1.29, 1.82) is 0 Å². The lowest BCUT2D eigenvalue weighted by Crippen LogP contribution is -2.50. The normalized spacial score (nSPS) is 51.9. The van der Waals surface area contributed by atoms with Gasteiger partial charge in [0.1, 0.15) is 0 Å². The minimum atomic E-state index is 0.448. The van der Waals surface area contributed by atoms with Crippen molar-refractivity contribution < 1.29 is 0 Å². The van der Waals surface area contributed by atoms with E-state index in [4.69, 9.17) is 5.73 Å². The van der Waals surface area contributed by atoms with E-state index in [1.54, 1.807) is 0 Å². The summed E-state index contributed by atoms with van der Waals surface area (Å²) in [5.41, 5.74) is 9.04. The molecule has 7 atom stereocenters. The highest BCUT2D eigenvalue weighted by atomic mass is 14.7. The van der Waals surface area contributed by atoms with E-state index in [0.29, 0.717) is 16.9 Å². The summed E-state index contributed by atoms with van der Waals surface area (Å²) in [7, 11) is 0. The zero-order valence-electron chi connectivity index (χ0n) is 15.5. The number of fused-ring (bicyclic) bond motifs is 5. The summed E-state index contributed by atoms with van der Waals surface area (Å²) >= 11 is 0. The van der Waals surface area contributed by atoms with Gasteiger partial charge in [-0.3, -0.25) is 0 Å². The van der Waals surface area contributed by atoms with E-state index < -0.39 is 0 Å². The van der Waals surface area contributed by atoms with Crippen molar-refractivity contribution in [3.8, 4) is 0 Å². The molecule has 23 heavy (non-hydrogen) atoms. The van der Waals surface area contributed by atoms with Crippen LogP contribution in [0.25, 0.3) is 0 Å². The molecule has 7 unspecified atom stereocenters. The quantitative estimate of drug-likeness (QED) is 0.651. The van der Waals surface area contributed by atoms with Gasteiger partial charge in [0.05, 0.1) is 0 Å². The molecule has 2 N–H and O–H groups in total. The van der Waals surface area contributed by atoms with Gasteiger partial charge in [-0.1, -0.05) is 51.5 Å². The summed E-state index contributed by atoms with van der Waals surface area (Å²) in [6.07, 6.45) is 15.8. The van der Waals surface area contributed by atoms with Crippen molar-refractivity contribution in [3.05, 3.63) is 23.8 Å². The summed E-state index contributed by atoms with van der Waals surface area (Å²) in [6.45, 7) is 9.95. The van der Waals surface area contributed by atoms with Crippen LogP contribution in [0.5, 0.6) is 0 Å². The molecule has 2 saturated carbocycles. The van der Waals surface area contributed by atoms with Gasteiger partial charge in [-0.15, -0.1) is 0 Å². The molecule has 0 amide bonds. The Morgan fingerprint density at radius 2 is 1.91 bits per heavy atom. The molecule has 4 rings (SSSR count). The SMILES string of the molecule is CC(C)C1C=CC2C3CCC4CC(N)CCC4(C)C3=CCC12C. The summed E-state index contributed by atoms with van der Waals surface area (Å²) in [5, 5.41) is 0. The average Bonchev–Trinajstić information content (AvgIpc) is 2.85. The van der Waals surface area contributed by atoms with Gasteiger partial charge < -0.3 is 5.73 Å². The van der Waals surface area contributed by atoms with Crippen LogP contribution in [-0.2, 0) is 0 Å². The highest BCUT2D eigenvalue weighted by Crippen LogP contribution is 2.64. The lowest BCUT2D eigenvalue weighted by Gasteiger charge is -2.57. The minimum absolute atomic E-state index is 0.448. The van der Waals surface area contributed by atoms with Crippen molar-refractivity contribution in [1.82, 2.24) is 0 Å². The third-order valence-corrected chi connectivity index (χ3v) is 8.37. The fraction of sp³-hybridized carbons (Fsp3) is 0.818. The number of rotatable bonds is 1. The molecule has 2 fully saturated rings. The first-order valence-electron chi connectivity index (χ1n) is 10.0. The molecule has 0 radical (unpaired) electrons. The maximum absolute atomic E-state index is 6.30. The third kappa shape index (κ3) is 2.15. The molecule has 0 spiro atoms. The molecule has 0 aromatic heterocycles. The molecular weight excluding hydrogens is 278 g/mol. The second-order valence-corrected chi connectivity index (χ2v) is 9.88. The van der Waals surface area contributed by atoms with Crippen LogP contribution in [0.1, 0.15) is 66.2 Å². The number of hydrogen-bond donors (Lipinski definition) is 1. The largest absolute Gasteiger partial charge is 0.328 e. The number of hydrogen-bond acceptors (Lipinski definition) is 1. The van der Waals surface area contributed by atoms with Crippen LogP contribution in [0.4, 0.5) is 0 Å². The molecule has 4 aliphatic rings. The van der Waals surface area contributed by atoms with E-state index in [1.165, 1.54) is 38.5 Å². The second kappa shape index (κ2) is 5.22. The van der Waals surface area contributed by atoms with E-state index in [9.17, 15) is 0 Å². The Bertz CT molecular complexity index is 544. The summed E-state index contributed by atoms with van der Waals surface area (Å²) in [6, 6.07) is 0.454. The van der Waals surface area contributed by atoms with E-state index in [0.717, 1.165) is 29.6 Å². The maximum Gasteiger partial charge on any atom is 0.00421 e.